The van der Waals surface area contributed by atoms with Gasteiger partial charge in [0.25, 0.3) is 5.91 Å². The Kier molecular flexibility index (Phi) is 7.04. The molecule has 31 heavy (non-hydrogen) atoms. The van der Waals surface area contributed by atoms with Gasteiger partial charge in [-0.05, 0) is 48.6 Å². The van der Waals surface area contributed by atoms with Crippen molar-refractivity contribution >= 4 is 11.8 Å². The number of hydrogen-bond acceptors (Lipinski definition) is 3. The summed E-state index contributed by atoms with van der Waals surface area (Å²) in [6.45, 7) is 11.0. The van der Waals surface area contributed by atoms with E-state index in [0.717, 1.165) is 24.0 Å². The number of rotatable bonds is 6. The first-order chi connectivity index (χ1) is 14.7. The van der Waals surface area contributed by atoms with Gasteiger partial charge in [-0.2, -0.15) is 0 Å². The molecule has 0 aromatic heterocycles. The Balaban J connectivity index is 1.96. The van der Waals surface area contributed by atoms with Crippen LogP contribution in [0.2, 0.25) is 0 Å². The van der Waals surface area contributed by atoms with Gasteiger partial charge in [-0.1, -0.05) is 64.1 Å². The van der Waals surface area contributed by atoms with Gasteiger partial charge in [0.15, 0.2) is 6.10 Å². The lowest BCUT2D eigenvalue weighted by molar-refractivity contribution is -0.141. The third-order valence-electron chi connectivity index (χ3n) is 5.59. The van der Waals surface area contributed by atoms with Crippen molar-refractivity contribution < 1.29 is 14.3 Å². The summed E-state index contributed by atoms with van der Waals surface area (Å²) in [5.74, 6) is 0.651. The molecule has 1 heterocycles. The van der Waals surface area contributed by atoms with Gasteiger partial charge < -0.3 is 15.0 Å². The number of carbonyl (C=O) groups excluding carboxylic acids is 2. The predicted octanol–water partition coefficient (Wildman–Crippen LogP) is 4.50. The second kappa shape index (κ2) is 9.54. The highest BCUT2D eigenvalue weighted by Gasteiger charge is 2.37. The van der Waals surface area contributed by atoms with E-state index in [4.69, 9.17) is 4.74 Å². The van der Waals surface area contributed by atoms with E-state index in [0.29, 0.717) is 18.8 Å². The Morgan fingerprint density at radius 1 is 1.16 bits per heavy atom. The van der Waals surface area contributed by atoms with Crippen molar-refractivity contribution in [3.63, 3.8) is 0 Å². The maximum Gasteiger partial charge on any atom is 0.260 e. The van der Waals surface area contributed by atoms with Crippen molar-refractivity contribution in [3.05, 3.63) is 65.2 Å². The Bertz CT molecular complexity index is 918. The van der Waals surface area contributed by atoms with E-state index in [2.05, 4.69) is 23.5 Å². The number of fused-ring (bicyclic) bond motifs is 1. The summed E-state index contributed by atoms with van der Waals surface area (Å²) in [5, 5.41) is 2.87. The van der Waals surface area contributed by atoms with Gasteiger partial charge in [0.1, 0.15) is 5.75 Å². The standard InChI is InChI=1S/C26H34N2O3/c1-6-15-27-24(29)18(2)31-21-13-12-19-14-16-28(25(30)26(3,4)5)23(22(19)17-21)20-10-8-7-9-11-20/h7-13,17-18,23H,6,14-16H2,1-5H3,(H,27,29)/t18-,23-/m0/s1. The van der Waals surface area contributed by atoms with E-state index in [-0.39, 0.29) is 17.9 Å². The normalized spacial score (nSPS) is 16.9. The first kappa shape index (κ1) is 22.9. The zero-order valence-electron chi connectivity index (χ0n) is 19.3. The number of nitrogens with zero attached hydrogens (tertiary/aromatic N) is 1. The lowest BCUT2D eigenvalue weighted by Gasteiger charge is -2.41. The molecule has 0 fully saturated rings. The molecule has 0 aliphatic carbocycles. The minimum absolute atomic E-state index is 0.122. The summed E-state index contributed by atoms with van der Waals surface area (Å²) in [6, 6.07) is 15.9. The third-order valence-corrected chi connectivity index (χ3v) is 5.59. The van der Waals surface area contributed by atoms with Crippen molar-refractivity contribution in [3.8, 4) is 5.75 Å². The summed E-state index contributed by atoms with van der Waals surface area (Å²) >= 11 is 0. The molecule has 1 N–H and O–H groups in total. The average Bonchev–Trinajstić information content (AvgIpc) is 2.75. The maximum absolute atomic E-state index is 13.3. The van der Waals surface area contributed by atoms with Crippen LogP contribution < -0.4 is 10.1 Å². The zero-order valence-corrected chi connectivity index (χ0v) is 19.3. The summed E-state index contributed by atoms with van der Waals surface area (Å²) in [7, 11) is 0. The number of nitrogens with one attached hydrogen (secondary N) is 1. The number of hydrogen-bond donors (Lipinski definition) is 1. The highest BCUT2D eigenvalue weighted by Crippen LogP contribution is 2.39. The van der Waals surface area contributed by atoms with Crippen LogP contribution in [0.15, 0.2) is 48.5 Å². The minimum Gasteiger partial charge on any atom is -0.481 e. The predicted molar refractivity (Wildman–Crippen MR) is 123 cm³/mol. The highest BCUT2D eigenvalue weighted by atomic mass is 16.5. The Morgan fingerprint density at radius 3 is 2.52 bits per heavy atom. The number of benzene rings is 2. The Hall–Kier alpha value is -2.82. The monoisotopic (exact) mass is 422 g/mol. The highest BCUT2D eigenvalue weighted by molar-refractivity contribution is 5.83. The van der Waals surface area contributed by atoms with Gasteiger partial charge in [0.2, 0.25) is 5.91 Å². The van der Waals surface area contributed by atoms with E-state index >= 15 is 0 Å². The number of ether oxygens (including phenoxy) is 1. The summed E-state index contributed by atoms with van der Waals surface area (Å²) in [6.07, 6.45) is 1.09. The number of carbonyl (C=O) groups is 2. The molecule has 2 atom stereocenters. The van der Waals surface area contributed by atoms with Crippen molar-refractivity contribution in [2.24, 2.45) is 5.41 Å². The zero-order chi connectivity index (χ0) is 22.6. The van der Waals surface area contributed by atoms with E-state index in [1.54, 1.807) is 6.92 Å². The van der Waals surface area contributed by atoms with E-state index < -0.39 is 11.5 Å². The van der Waals surface area contributed by atoms with Crippen molar-refractivity contribution in [1.82, 2.24) is 10.2 Å². The van der Waals surface area contributed by atoms with Gasteiger partial charge >= 0.3 is 0 Å². The molecule has 0 unspecified atom stereocenters. The van der Waals surface area contributed by atoms with E-state index in [1.165, 1.54) is 5.56 Å². The van der Waals surface area contributed by atoms with Crippen molar-refractivity contribution in [2.75, 3.05) is 13.1 Å². The molecule has 0 saturated heterocycles. The molecule has 0 radical (unpaired) electrons. The Morgan fingerprint density at radius 2 is 1.87 bits per heavy atom. The molecule has 5 nitrogen and oxygen atoms in total. The molecule has 1 aliphatic rings. The van der Waals surface area contributed by atoms with Gasteiger partial charge in [0.05, 0.1) is 6.04 Å². The molecular weight excluding hydrogens is 388 g/mol. The molecule has 0 bridgehead atoms. The molecule has 3 rings (SSSR count). The minimum atomic E-state index is -0.587. The molecule has 5 heteroatoms. The van der Waals surface area contributed by atoms with Gasteiger partial charge in [-0.3, -0.25) is 9.59 Å². The quantitative estimate of drug-likeness (QED) is 0.746. The van der Waals surface area contributed by atoms with Gasteiger partial charge in [0, 0.05) is 18.5 Å². The Labute approximate surface area is 185 Å². The summed E-state index contributed by atoms with van der Waals surface area (Å²) < 4.78 is 5.97. The molecule has 0 spiro atoms. The molecule has 1 aliphatic heterocycles. The summed E-state index contributed by atoms with van der Waals surface area (Å²) in [4.78, 5) is 27.5. The topological polar surface area (TPSA) is 58.6 Å². The van der Waals surface area contributed by atoms with Crippen LogP contribution in [0.25, 0.3) is 0 Å². The van der Waals surface area contributed by atoms with Crippen LogP contribution in [0.4, 0.5) is 0 Å². The van der Waals surface area contributed by atoms with Gasteiger partial charge in [-0.25, -0.2) is 0 Å². The van der Waals surface area contributed by atoms with E-state index in [1.807, 2.05) is 62.9 Å². The van der Waals surface area contributed by atoms with Crippen LogP contribution in [0.5, 0.6) is 5.75 Å². The van der Waals surface area contributed by atoms with Crippen LogP contribution in [0.1, 0.15) is 63.8 Å². The smallest absolute Gasteiger partial charge is 0.260 e. The molecule has 2 amide bonds. The second-order valence-corrected chi connectivity index (χ2v) is 9.22. The van der Waals surface area contributed by atoms with Crippen LogP contribution in [-0.4, -0.2) is 35.9 Å². The average molecular weight is 423 g/mol. The van der Waals surface area contributed by atoms with Gasteiger partial charge in [-0.15, -0.1) is 0 Å². The fourth-order valence-corrected chi connectivity index (χ4v) is 3.96. The van der Waals surface area contributed by atoms with Crippen LogP contribution in [0, 0.1) is 5.41 Å². The fourth-order valence-electron chi connectivity index (χ4n) is 3.96. The largest absolute Gasteiger partial charge is 0.481 e. The van der Waals surface area contributed by atoms with E-state index in [9.17, 15) is 9.59 Å². The van der Waals surface area contributed by atoms with Crippen LogP contribution in [0.3, 0.4) is 0 Å². The first-order valence-corrected chi connectivity index (χ1v) is 11.2. The molecule has 0 saturated carbocycles. The fraction of sp³-hybridized carbons (Fsp3) is 0.462. The second-order valence-electron chi connectivity index (χ2n) is 9.22. The summed E-state index contributed by atoms with van der Waals surface area (Å²) in [5.41, 5.74) is 2.88. The SMILES string of the molecule is CCCNC(=O)[C@H](C)Oc1ccc2c(c1)[C@H](c1ccccc1)N(C(=O)C(C)(C)C)CC2. The molecule has 2 aromatic rings. The van der Waals surface area contributed by atoms with Crippen molar-refractivity contribution in [2.45, 2.75) is 59.6 Å². The van der Waals surface area contributed by atoms with Crippen LogP contribution >= 0.6 is 0 Å². The van der Waals surface area contributed by atoms with Crippen LogP contribution in [-0.2, 0) is 16.0 Å². The lowest BCUT2D eigenvalue weighted by atomic mass is 9.85. The first-order valence-electron chi connectivity index (χ1n) is 11.2. The third kappa shape index (κ3) is 5.27. The molecular formula is C26H34N2O3. The van der Waals surface area contributed by atoms with Crippen molar-refractivity contribution in [1.29, 1.82) is 0 Å². The molecule has 2 aromatic carbocycles. The molecule has 166 valence electrons. The maximum atomic E-state index is 13.3. The lowest BCUT2D eigenvalue weighted by Crippen LogP contribution is -2.45. The number of amides is 2.